The number of hydrogen-bond acceptors (Lipinski definition) is 4. The van der Waals surface area contributed by atoms with Crippen molar-refractivity contribution in [1.29, 1.82) is 0 Å². The predicted octanol–water partition coefficient (Wildman–Crippen LogP) is 6.87. The Morgan fingerprint density at radius 1 is 0.892 bits per heavy atom. The third-order valence-electron chi connectivity index (χ3n) is 6.04. The van der Waals surface area contributed by atoms with E-state index < -0.39 is 5.97 Å². The molecule has 3 rings (SSSR count). The topological polar surface area (TPSA) is 55.8 Å². The fourth-order valence-corrected chi connectivity index (χ4v) is 4.05. The van der Waals surface area contributed by atoms with E-state index >= 15 is 4.39 Å². The quantitative estimate of drug-likeness (QED) is 0.147. The van der Waals surface area contributed by atoms with Gasteiger partial charge < -0.3 is 14.6 Å². The van der Waals surface area contributed by atoms with Crippen LogP contribution in [0.4, 0.5) is 8.78 Å². The van der Waals surface area contributed by atoms with Crippen LogP contribution < -0.4 is 4.74 Å². The van der Waals surface area contributed by atoms with Gasteiger partial charge in [-0.15, -0.1) is 0 Å². The van der Waals surface area contributed by atoms with Crippen molar-refractivity contribution in [2.45, 2.75) is 39.0 Å². The van der Waals surface area contributed by atoms with E-state index in [1.54, 1.807) is 31.2 Å². The van der Waals surface area contributed by atoms with Crippen LogP contribution in [-0.4, -0.2) is 37.6 Å². The van der Waals surface area contributed by atoms with Gasteiger partial charge >= 0.3 is 5.97 Å². The highest BCUT2D eigenvalue weighted by molar-refractivity contribution is 5.87. The summed E-state index contributed by atoms with van der Waals surface area (Å²) in [4.78, 5) is 11.8. The molecular weight excluding hydrogens is 474 g/mol. The molecule has 0 atom stereocenters. The predicted molar refractivity (Wildman–Crippen MR) is 143 cm³/mol. The lowest BCUT2D eigenvalue weighted by atomic mass is 9.94. The average molecular weight is 509 g/mol. The van der Waals surface area contributed by atoms with Crippen LogP contribution in [-0.2, 0) is 22.4 Å². The van der Waals surface area contributed by atoms with Crippen LogP contribution in [0.2, 0.25) is 0 Å². The number of ether oxygens (including phenoxy) is 2. The number of benzene rings is 3. The molecule has 0 aliphatic carbocycles. The molecule has 3 aromatic carbocycles. The average Bonchev–Trinajstić information content (AvgIpc) is 2.90. The van der Waals surface area contributed by atoms with E-state index in [9.17, 15) is 9.18 Å². The maximum atomic E-state index is 15.4. The molecule has 0 fully saturated rings. The summed E-state index contributed by atoms with van der Waals surface area (Å²) in [5.74, 6) is -0.298. The number of halogens is 2. The number of alkyl halides is 1. The number of rotatable bonds is 14. The van der Waals surface area contributed by atoms with Gasteiger partial charge in [0.1, 0.15) is 18.2 Å². The molecule has 0 bridgehead atoms. The molecule has 0 aliphatic rings. The molecule has 37 heavy (non-hydrogen) atoms. The molecule has 0 saturated heterocycles. The van der Waals surface area contributed by atoms with Gasteiger partial charge in [-0.25, -0.2) is 9.18 Å². The van der Waals surface area contributed by atoms with E-state index in [0.29, 0.717) is 35.3 Å². The summed E-state index contributed by atoms with van der Waals surface area (Å²) in [6.45, 7) is 5.02. The van der Waals surface area contributed by atoms with Crippen LogP contribution in [0.3, 0.4) is 0 Å². The molecule has 0 radical (unpaired) electrons. The molecule has 0 aromatic heterocycles. The molecule has 6 heteroatoms. The van der Waals surface area contributed by atoms with Gasteiger partial charge in [0.25, 0.3) is 0 Å². The number of hydrogen-bond donors (Lipinski definition) is 1. The van der Waals surface area contributed by atoms with Crippen molar-refractivity contribution < 1.29 is 28.2 Å². The van der Waals surface area contributed by atoms with Gasteiger partial charge in [-0.2, -0.15) is 0 Å². The number of carbonyl (C=O) groups excluding carboxylic acids is 1. The fraction of sp³-hybridized carbons (Fsp3) is 0.323. The van der Waals surface area contributed by atoms with Gasteiger partial charge in [0, 0.05) is 17.6 Å². The second-order valence-electron chi connectivity index (χ2n) is 8.95. The van der Waals surface area contributed by atoms with Gasteiger partial charge in [-0.05, 0) is 72.2 Å². The summed E-state index contributed by atoms with van der Waals surface area (Å²) in [6, 6.07) is 18.5. The lowest BCUT2D eigenvalue weighted by molar-refractivity contribution is -0.138. The summed E-state index contributed by atoms with van der Waals surface area (Å²) >= 11 is 0. The smallest absolute Gasteiger partial charge is 0.333 e. The molecule has 4 nitrogen and oxygen atoms in total. The van der Waals surface area contributed by atoms with Crippen molar-refractivity contribution in [3.8, 4) is 28.0 Å². The fourth-order valence-electron chi connectivity index (χ4n) is 4.05. The van der Waals surface area contributed by atoms with Gasteiger partial charge in [-0.1, -0.05) is 55.5 Å². The van der Waals surface area contributed by atoms with E-state index in [0.717, 1.165) is 36.0 Å². The summed E-state index contributed by atoms with van der Waals surface area (Å²) in [6.07, 6.45) is 3.68. The second-order valence-corrected chi connectivity index (χ2v) is 8.95. The molecule has 3 aromatic rings. The van der Waals surface area contributed by atoms with E-state index in [4.69, 9.17) is 14.6 Å². The summed E-state index contributed by atoms with van der Waals surface area (Å²) in [5.41, 5.74) is 5.04. The Balaban J connectivity index is 1.80. The summed E-state index contributed by atoms with van der Waals surface area (Å²) in [7, 11) is 0. The summed E-state index contributed by atoms with van der Waals surface area (Å²) in [5, 5.41) is 9.06. The molecule has 0 unspecified atom stereocenters. The lowest BCUT2D eigenvalue weighted by Gasteiger charge is -2.15. The molecule has 0 aliphatic heterocycles. The Morgan fingerprint density at radius 3 is 2.30 bits per heavy atom. The molecule has 0 saturated carbocycles. The Bertz CT molecular complexity index is 1190. The molecule has 0 spiro atoms. The van der Waals surface area contributed by atoms with Crippen LogP contribution in [0, 0.1) is 5.82 Å². The van der Waals surface area contributed by atoms with Crippen molar-refractivity contribution in [3.05, 3.63) is 89.8 Å². The molecular formula is C31H34F2O4. The van der Waals surface area contributed by atoms with E-state index in [2.05, 4.69) is 6.58 Å². The number of aryl methyl sites for hydroxylation is 1. The first-order chi connectivity index (χ1) is 17.9. The van der Waals surface area contributed by atoms with Crippen LogP contribution in [0.25, 0.3) is 22.3 Å². The Morgan fingerprint density at radius 2 is 1.62 bits per heavy atom. The first-order valence-corrected chi connectivity index (χ1v) is 12.6. The Labute approximate surface area is 217 Å². The normalized spacial score (nSPS) is 10.8. The minimum absolute atomic E-state index is 0.113. The monoisotopic (exact) mass is 508 g/mol. The minimum atomic E-state index is -0.476. The van der Waals surface area contributed by atoms with Gasteiger partial charge in [0.2, 0.25) is 0 Å². The van der Waals surface area contributed by atoms with Gasteiger partial charge in [0.15, 0.2) is 0 Å². The van der Waals surface area contributed by atoms with Crippen LogP contribution in [0.15, 0.2) is 72.8 Å². The maximum absolute atomic E-state index is 15.4. The third-order valence-corrected chi connectivity index (χ3v) is 6.04. The second kappa shape index (κ2) is 14.3. The lowest BCUT2D eigenvalue weighted by Crippen LogP contribution is -2.09. The van der Waals surface area contributed by atoms with E-state index in [1.165, 1.54) is 11.6 Å². The zero-order chi connectivity index (χ0) is 26.6. The third kappa shape index (κ3) is 8.25. The SMILES string of the molecule is C=C(C)C(=O)OCCc1cc(OCCO)ccc1-c1ccc(-c2ccc(CCCCCF)cc2)cc1F. The van der Waals surface area contributed by atoms with E-state index in [1.807, 2.05) is 30.3 Å². The highest BCUT2D eigenvalue weighted by Gasteiger charge is 2.14. The van der Waals surface area contributed by atoms with Crippen LogP contribution >= 0.6 is 0 Å². The molecule has 196 valence electrons. The van der Waals surface area contributed by atoms with Crippen molar-refractivity contribution in [2.24, 2.45) is 0 Å². The van der Waals surface area contributed by atoms with Gasteiger partial charge in [0.05, 0.1) is 19.9 Å². The standard InChI is InChI=1S/C31H34F2O4/c1-22(2)31(35)37-18-15-26-20-27(36-19-17-34)12-14-28(26)29-13-11-25(21-30(29)33)24-9-7-23(8-10-24)6-4-3-5-16-32/h7-14,20-21,34H,1,3-6,15-19H2,2H3. The van der Waals surface area contributed by atoms with Crippen LogP contribution in [0.1, 0.15) is 37.3 Å². The Hall–Kier alpha value is -3.51. The highest BCUT2D eigenvalue weighted by atomic mass is 19.1. The Kier molecular flexibility index (Phi) is 10.8. The van der Waals surface area contributed by atoms with E-state index in [-0.39, 0.29) is 32.3 Å². The molecule has 0 heterocycles. The first-order valence-electron chi connectivity index (χ1n) is 12.6. The van der Waals surface area contributed by atoms with Crippen molar-refractivity contribution in [2.75, 3.05) is 26.5 Å². The number of esters is 1. The zero-order valence-corrected chi connectivity index (χ0v) is 21.3. The number of aliphatic hydroxyl groups excluding tert-OH is 1. The maximum Gasteiger partial charge on any atom is 0.333 e. The first kappa shape index (κ1) is 28.1. The number of carbonyl (C=O) groups is 1. The van der Waals surface area contributed by atoms with Crippen molar-refractivity contribution in [1.82, 2.24) is 0 Å². The molecule has 1 N–H and O–H groups in total. The highest BCUT2D eigenvalue weighted by Crippen LogP contribution is 2.33. The van der Waals surface area contributed by atoms with Crippen molar-refractivity contribution >= 4 is 5.97 Å². The number of aliphatic hydroxyl groups is 1. The van der Waals surface area contributed by atoms with Gasteiger partial charge in [-0.3, -0.25) is 4.39 Å². The zero-order valence-electron chi connectivity index (χ0n) is 21.3. The summed E-state index contributed by atoms with van der Waals surface area (Å²) < 4.78 is 38.4. The van der Waals surface area contributed by atoms with Crippen LogP contribution in [0.5, 0.6) is 5.75 Å². The number of unbranched alkanes of at least 4 members (excludes halogenated alkanes) is 2. The minimum Gasteiger partial charge on any atom is -0.491 e. The van der Waals surface area contributed by atoms with Crippen molar-refractivity contribution in [3.63, 3.8) is 0 Å². The largest absolute Gasteiger partial charge is 0.491 e. The molecule has 0 amide bonds.